The molecule has 2 atom stereocenters. The number of carbonyl (C=O) groups excluding carboxylic acids is 1. The molecule has 1 aliphatic heterocycles. The molecule has 1 N–H and O–H groups in total. The van der Waals surface area contributed by atoms with Crippen LogP contribution in [0.4, 0.5) is 0 Å². The van der Waals surface area contributed by atoms with Crippen LogP contribution in [0.1, 0.15) is 33.1 Å². The van der Waals surface area contributed by atoms with Crippen LogP contribution in [0.2, 0.25) is 0 Å². The number of rotatable bonds is 6. The number of thioether (sulfide) groups is 1. The molecule has 0 aromatic rings. The number of hydrogen-bond acceptors (Lipinski definition) is 4. The fourth-order valence-corrected chi connectivity index (χ4v) is 5.82. The summed E-state index contributed by atoms with van der Waals surface area (Å²) < 4.78 is 23.2. The molecule has 17 heavy (non-hydrogen) atoms. The highest BCUT2D eigenvalue weighted by molar-refractivity contribution is 8.01. The van der Waals surface area contributed by atoms with Gasteiger partial charge in [0, 0.05) is 11.7 Å². The molecule has 0 aliphatic carbocycles. The standard InChI is InChI=1S/C11H21NO3S2/c1-3-5-6-16-10-8-17(14,15)7-9(10)12-11(13)4-2/h9-10H,3-8H2,1-2H3,(H,12,13)/t9-,10+/m1/s1. The van der Waals surface area contributed by atoms with Crippen LogP contribution in [0.25, 0.3) is 0 Å². The van der Waals surface area contributed by atoms with Crippen molar-refractivity contribution in [1.29, 1.82) is 0 Å². The Bertz CT molecular complexity index is 354. The van der Waals surface area contributed by atoms with Crippen molar-refractivity contribution >= 4 is 27.5 Å². The van der Waals surface area contributed by atoms with Gasteiger partial charge in [-0.05, 0) is 12.2 Å². The van der Waals surface area contributed by atoms with Crippen molar-refractivity contribution in [2.75, 3.05) is 17.3 Å². The van der Waals surface area contributed by atoms with Crippen molar-refractivity contribution in [2.24, 2.45) is 0 Å². The minimum Gasteiger partial charge on any atom is -0.351 e. The van der Waals surface area contributed by atoms with E-state index >= 15 is 0 Å². The summed E-state index contributed by atoms with van der Waals surface area (Å²) in [5.74, 6) is 1.21. The van der Waals surface area contributed by atoms with Crippen LogP contribution in [0.15, 0.2) is 0 Å². The number of unbranched alkanes of at least 4 members (excludes halogenated alkanes) is 1. The fourth-order valence-electron chi connectivity index (χ4n) is 1.80. The van der Waals surface area contributed by atoms with Gasteiger partial charge in [0.25, 0.3) is 0 Å². The van der Waals surface area contributed by atoms with Gasteiger partial charge in [0.15, 0.2) is 9.84 Å². The van der Waals surface area contributed by atoms with E-state index in [4.69, 9.17) is 0 Å². The normalized spacial score (nSPS) is 26.9. The average Bonchev–Trinajstić information content (AvgIpc) is 2.53. The third-order valence-electron chi connectivity index (χ3n) is 2.80. The van der Waals surface area contributed by atoms with Crippen molar-refractivity contribution in [2.45, 2.75) is 44.4 Å². The largest absolute Gasteiger partial charge is 0.351 e. The Kier molecular flexibility index (Phi) is 5.79. The van der Waals surface area contributed by atoms with Gasteiger partial charge in [-0.2, -0.15) is 11.8 Å². The second kappa shape index (κ2) is 6.64. The van der Waals surface area contributed by atoms with Crippen molar-refractivity contribution < 1.29 is 13.2 Å². The summed E-state index contributed by atoms with van der Waals surface area (Å²) >= 11 is 1.68. The lowest BCUT2D eigenvalue weighted by molar-refractivity contribution is -0.121. The second-order valence-corrected chi connectivity index (χ2v) is 7.87. The molecule has 1 amide bonds. The molecule has 4 nitrogen and oxygen atoms in total. The molecule has 1 heterocycles. The van der Waals surface area contributed by atoms with E-state index in [9.17, 15) is 13.2 Å². The van der Waals surface area contributed by atoms with E-state index < -0.39 is 9.84 Å². The summed E-state index contributed by atoms with van der Waals surface area (Å²) in [4.78, 5) is 11.3. The highest BCUT2D eigenvalue weighted by atomic mass is 32.2. The zero-order chi connectivity index (χ0) is 12.9. The van der Waals surface area contributed by atoms with Gasteiger partial charge in [0.1, 0.15) is 0 Å². The third kappa shape index (κ3) is 4.87. The number of amides is 1. The first-order valence-corrected chi connectivity index (χ1v) is 8.97. The maximum atomic E-state index is 11.6. The van der Waals surface area contributed by atoms with Crippen molar-refractivity contribution in [1.82, 2.24) is 5.32 Å². The molecule has 100 valence electrons. The molecule has 0 aromatic carbocycles. The van der Waals surface area contributed by atoms with Gasteiger partial charge in [-0.3, -0.25) is 4.79 Å². The Hall–Kier alpha value is -0.230. The molecule has 1 fully saturated rings. The number of hydrogen-bond donors (Lipinski definition) is 1. The molecule has 1 rings (SSSR count). The highest BCUT2D eigenvalue weighted by Gasteiger charge is 2.38. The molecule has 0 spiro atoms. The lowest BCUT2D eigenvalue weighted by atomic mass is 10.2. The Morgan fingerprint density at radius 1 is 1.35 bits per heavy atom. The Morgan fingerprint density at radius 2 is 2.06 bits per heavy atom. The summed E-state index contributed by atoms with van der Waals surface area (Å²) in [7, 11) is -2.97. The zero-order valence-corrected chi connectivity index (χ0v) is 12.1. The van der Waals surface area contributed by atoms with Gasteiger partial charge in [-0.1, -0.05) is 20.3 Å². The Balaban J connectivity index is 2.55. The quantitative estimate of drug-likeness (QED) is 0.742. The van der Waals surface area contributed by atoms with Crippen molar-refractivity contribution in [3.63, 3.8) is 0 Å². The van der Waals surface area contributed by atoms with Gasteiger partial charge < -0.3 is 5.32 Å². The summed E-state index contributed by atoms with van der Waals surface area (Å²) in [6.07, 6.45) is 2.61. The molecule has 0 aromatic heterocycles. The van der Waals surface area contributed by atoms with Crippen molar-refractivity contribution in [3.05, 3.63) is 0 Å². The summed E-state index contributed by atoms with van der Waals surface area (Å²) in [6, 6.07) is -0.200. The van der Waals surface area contributed by atoms with Crippen LogP contribution in [-0.4, -0.2) is 42.9 Å². The van der Waals surface area contributed by atoms with Gasteiger partial charge in [0.2, 0.25) is 5.91 Å². The zero-order valence-electron chi connectivity index (χ0n) is 10.4. The average molecular weight is 279 g/mol. The van der Waals surface area contributed by atoms with Crippen LogP contribution in [-0.2, 0) is 14.6 Å². The summed E-state index contributed by atoms with van der Waals surface area (Å²) in [5, 5.41) is 2.85. The Morgan fingerprint density at radius 3 is 2.65 bits per heavy atom. The maximum absolute atomic E-state index is 11.6. The van der Waals surface area contributed by atoms with E-state index in [2.05, 4.69) is 12.2 Å². The molecule has 0 radical (unpaired) electrons. The first-order valence-electron chi connectivity index (χ1n) is 6.10. The smallest absolute Gasteiger partial charge is 0.219 e. The monoisotopic (exact) mass is 279 g/mol. The predicted molar refractivity (Wildman–Crippen MR) is 72.0 cm³/mol. The predicted octanol–water partition coefficient (Wildman–Crippen LogP) is 1.21. The lowest BCUT2D eigenvalue weighted by Gasteiger charge is -2.18. The van der Waals surface area contributed by atoms with E-state index in [1.807, 2.05) is 0 Å². The van der Waals surface area contributed by atoms with Crippen molar-refractivity contribution in [3.8, 4) is 0 Å². The van der Waals surface area contributed by atoms with E-state index in [1.165, 1.54) is 0 Å². The van der Waals surface area contributed by atoms with Gasteiger partial charge in [-0.25, -0.2) is 8.42 Å². The minimum absolute atomic E-state index is 0.0297. The molecule has 1 aliphatic rings. The lowest BCUT2D eigenvalue weighted by Crippen LogP contribution is -2.41. The van der Waals surface area contributed by atoms with E-state index in [0.29, 0.717) is 6.42 Å². The van der Waals surface area contributed by atoms with Crippen LogP contribution in [0, 0.1) is 0 Å². The topological polar surface area (TPSA) is 63.2 Å². The fraction of sp³-hybridized carbons (Fsp3) is 0.909. The first-order chi connectivity index (χ1) is 7.98. The third-order valence-corrected chi connectivity index (χ3v) is 6.19. The van der Waals surface area contributed by atoms with Gasteiger partial charge in [0.05, 0.1) is 17.5 Å². The first kappa shape index (κ1) is 14.8. The summed E-state index contributed by atoms with van der Waals surface area (Å²) in [5.41, 5.74) is 0. The second-order valence-electron chi connectivity index (χ2n) is 4.37. The number of sulfone groups is 1. The molecular weight excluding hydrogens is 258 g/mol. The minimum atomic E-state index is -2.97. The number of nitrogens with one attached hydrogen (secondary N) is 1. The SMILES string of the molecule is CCCCS[C@H]1CS(=O)(=O)C[C@H]1NC(=O)CC. The van der Waals surface area contributed by atoms with E-state index in [0.717, 1.165) is 18.6 Å². The van der Waals surface area contributed by atoms with Crippen LogP contribution in [0.5, 0.6) is 0 Å². The molecular formula is C11H21NO3S2. The van der Waals surface area contributed by atoms with Crippen LogP contribution >= 0.6 is 11.8 Å². The highest BCUT2D eigenvalue weighted by Crippen LogP contribution is 2.25. The maximum Gasteiger partial charge on any atom is 0.219 e. The molecule has 0 unspecified atom stereocenters. The van der Waals surface area contributed by atoms with Gasteiger partial charge in [-0.15, -0.1) is 0 Å². The van der Waals surface area contributed by atoms with E-state index in [-0.39, 0.29) is 28.7 Å². The molecule has 0 bridgehead atoms. The van der Waals surface area contributed by atoms with E-state index in [1.54, 1.807) is 18.7 Å². The molecule has 6 heteroatoms. The van der Waals surface area contributed by atoms with Crippen LogP contribution < -0.4 is 5.32 Å². The Labute approximate surface area is 108 Å². The summed E-state index contributed by atoms with van der Waals surface area (Å²) in [6.45, 7) is 3.89. The van der Waals surface area contributed by atoms with Crippen LogP contribution in [0.3, 0.4) is 0 Å². The number of carbonyl (C=O) groups is 1. The molecule has 1 saturated heterocycles. The molecule has 0 saturated carbocycles. The van der Waals surface area contributed by atoms with Gasteiger partial charge >= 0.3 is 0 Å².